The van der Waals surface area contributed by atoms with Crippen LogP contribution >= 0.6 is 11.3 Å². The van der Waals surface area contributed by atoms with Crippen molar-refractivity contribution >= 4 is 42.4 Å². The van der Waals surface area contributed by atoms with Crippen molar-refractivity contribution in [2.45, 2.75) is 17.7 Å². The minimum absolute atomic E-state index is 0.0340. The number of anilines is 1. The van der Waals surface area contributed by atoms with Gasteiger partial charge in [-0.2, -0.15) is 0 Å². The largest absolute Gasteiger partial charge is 0.345 e. The maximum atomic E-state index is 13.0. The number of nitrogens with zero attached hydrogens (tertiary/aromatic N) is 3. The predicted octanol–water partition coefficient (Wildman–Crippen LogP) is 3.34. The molecule has 158 valence electrons. The van der Waals surface area contributed by atoms with Crippen LogP contribution in [0.25, 0.3) is 10.2 Å². The lowest BCUT2D eigenvalue weighted by Crippen LogP contribution is -2.48. The molecular formula is C21H22FN3O3S2. The monoisotopic (exact) mass is 447 g/mol. The van der Waals surface area contributed by atoms with Gasteiger partial charge in [-0.1, -0.05) is 23.5 Å². The first kappa shape index (κ1) is 20.7. The number of sulfone groups is 1. The summed E-state index contributed by atoms with van der Waals surface area (Å²) in [7, 11) is -3.51. The summed E-state index contributed by atoms with van der Waals surface area (Å²) in [6.45, 7) is 2.61. The molecule has 0 atom stereocenters. The van der Waals surface area contributed by atoms with Gasteiger partial charge in [-0.05, 0) is 42.8 Å². The first-order valence-electron chi connectivity index (χ1n) is 9.79. The Labute approximate surface area is 178 Å². The Morgan fingerprint density at radius 1 is 1.03 bits per heavy atom. The van der Waals surface area contributed by atoms with Crippen LogP contribution in [0.3, 0.4) is 0 Å². The Balaban J connectivity index is 1.26. The standard InChI is InChI=1S/C21H22FN3O3S2/c22-16-7-9-17(10-8-16)30(27,28)15-3-6-20(26)24-11-13-25(14-12-24)21-23-18-4-1-2-5-19(18)29-21/h1-2,4-5,7-10H,3,6,11-15H2. The number of hydrogen-bond acceptors (Lipinski definition) is 6. The molecule has 0 radical (unpaired) electrons. The molecule has 0 aliphatic carbocycles. The molecule has 1 fully saturated rings. The molecule has 1 aromatic heterocycles. The fourth-order valence-corrected chi connectivity index (χ4v) is 5.80. The van der Waals surface area contributed by atoms with E-state index < -0.39 is 15.7 Å². The lowest BCUT2D eigenvalue weighted by Gasteiger charge is -2.34. The van der Waals surface area contributed by atoms with E-state index in [9.17, 15) is 17.6 Å². The number of thiazole rings is 1. The van der Waals surface area contributed by atoms with Gasteiger partial charge in [-0.15, -0.1) is 0 Å². The first-order valence-corrected chi connectivity index (χ1v) is 12.3. The van der Waals surface area contributed by atoms with Crippen LogP contribution < -0.4 is 4.90 Å². The van der Waals surface area contributed by atoms with E-state index in [1.54, 1.807) is 16.2 Å². The smallest absolute Gasteiger partial charge is 0.222 e. The Hall–Kier alpha value is -2.52. The zero-order valence-electron chi connectivity index (χ0n) is 16.3. The molecule has 4 rings (SSSR count). The number of aromatic nitrogens is 1. The quantitative estimate of drug-likeness (QED) is 0.542. The van der Waals surface area contributed by atoms with Crippen molar-refractivity contribution in [3.63, 3.8) is 0 Å². The predicted molar refractivity (Wildman–Crippen MR) is 116 cm³/mol. The number of fused-ring (bicyclic) bond motifs is 1. The molecule has 0 N–H and O–H groups in total. The molecule has 0 spiro atoms. The highest BCUT2D eigenvalue weighted by atomic mass is 32.2. The number of para-hydroxylation sites is 1. The van der Waals surface area contributed by atoms with Crippen LogP contribution in [0.5, 0.6) is 0 Å². The molecule has 0 unspecified atom stereocenters. The third-order valence-corrected chi connectivity index (χ3v) is 8.08. The average Bonchev–Trinajstić information content (AvgIpc) is 3.18. The summed E-state index contributed by atoms with van der Waals surface area (Å²) in [6, 6.07) is 12.8. The number of amides is 1. The van der Waals surface area contributed by atoms with Gasteiger partial charge in [0.2, 0.25) is 5.91 Å². The summed E-state index contributed by atoms with van der Waals surface area (Å²) >= 11 is 1.65. The second-order valence-electron chi connectivity index (χ2n) is 7.21. The molecule has 1 aliphatic rings. The van der Waals surface area contributed by atoms with Crippen LogP contribution in [0.15, 0.2) is 53.4 Å². The van der Waals surface area contributed by atoms with Crippen LogP contribution in [0.4, 0.5) is 9.52 Å². The fourth-order valence-electron chi connectivity index (χ4n) is 3.47. The molecule has 2 heterocycles. The highest BCUT2D eigenvalue weighted by Crippen LogP contribution is 2.29. The second-order valence-corrected chi connectivity index (χ2v) is 10.3. The van der Waals surface area contributed by atoms with Gasteiger partial charge in [-0.3, -0.25) is 4.79 Å². The minimum Gasteiger partial charge on any atom is -0.345 e. The lowest BCUT2D eigenvalue weighted by atomic mass is 10.2. The van der Waals surface area contributed by atoms with Gasteiger partial charge in [0.15, 0.2) is 15.0 Å². The molecule has 30 heavy (non-hydrogen) atoms. The van der Waals surface area contributed by atoms with E-state index in [1.807, 2.05) is 18.2 Å². The summed E-state index contributed by atoms with van der Waals surface area (Å²) in [5.41, 5.74) is 0.985. The highest BCUT2D eigenvalue weighted by Gasteiger charge is 2.23. The molecule has 0 saturated carbocycles. The SMILES string of the molecule is O=C(CCCS(=O)(=O)c1ccc(F)cc1)N1CCN(c2nc3ccccc3s2)CC1. The number of carbonyl (C=O) groups is 1. The van der Waals surface area contributed by atoms with Crippen molar-refractivity contribution < 1.29 is 17.6 Å². The average molecular weight is 448 g/mol. The van der Waals surface area contributed by atoms with Crippen molar-refractivity contribution in [3.05, 3.63) is 54.3 Å². The van der Waals surface area contributed by atoms with E-state index in [4.69, 9.17) is 0 Å². The number of rotatable bonds is 6. The summed E-state index contributed by atoms with van der Waals surface area (Å²) < 4.78 is 38.8. The van der Waals surface area contributed by atoms with E-state index in [1.165, 1.54) is 12.1 Å². The van der Waals surface area contributed by atoms with Crippen LogP contribution in [0.2, 0.25) is 0 Å². The van der Waals surface area contributed by atoms with Crippen LogP contribution in [-0.4, -0.2) is 56.1 Å². The summed E-state index contributed by atoms with van der Waals surface area (Å²) in [4.78, 5) is 21.2. The van der Waals surface area contributed by atoms with Gasteiger partial charge in [0.1, 0.15) is 5.82 Å². The van der Waals surface area contributed by atoms with Crippen LogP contribution in [0, 0.1) is 5.82 Å². The van der Waals surface area contributed by atoms with Crippen molar-refractivity contribution in [3.8, 4) is 0 Å². The summed E-state index contributed by atoms with van der Waals surface area (Å²) in [6.07, 6.45) is 0.429. The maximum absolute atomic E-state index is 13.0. The van der Waals surface area contributed by atoms with Crippen molar-refractivity contribution in [1.82, 2.24) is 9.88 Å². The van der Waals surface area contributed by atoms with Gasteiger partial charge in [-0.25, -0.2) is 17.8 Å². The third-order valence-electron chi connectivity index (χ3n) is 5.16. The highest BCUT2D eigenvalue weighted by molar-refractivity contribution is 7.91. The number of piperazine rings is 1. The Bertz CT molecular complexity index is 1100. The van der Waals surface area contributed by atoms with Crippen LogP contribution in [0.1, 0.15) is 12.8 Å². The molecule has 6 nitrogen and oxygen atoms in total. The molecule has 3 aromatic rings. The molecule has 1 amide bonds. The molecule has 2 aromatic carbocycles. The maximum Gasteiger partial charge on any atom is 0.222 e. The summed E-state index contributed by atoms with van der Waals surface area (Å²) in [5, 5.41) is 0.966. The molecule has 1 aliphatic heterocycles. The number of hydrogen-bond donors (Lipinski definition) is 0. The number of carbonyl (C=O) groups excluding carboxylic acids is 1. The molecule has 0 bridgehead atoms. The normalized spacial score (nSPS) is 15.0. The van der Waals surface area contributed by atoms with Gasteiger partial charge in [0, 0.05) is 32.6 Å². The van der Waals surface area contributed by atoms with Crippen molar-refractivity contribution in [1.29, 1.82) is 0 Å². The van der Waals surface area contributed by atoms with Gasteiger partial charge in [0.05, 0.1) is 20.9 Å². The number of halogens is 1. The van der Waals surface area contributed by atoms with E-state index >= 15 is 0 Å². The summed E-state index contributed by atoms with van der Waals surface area (Å²) in [5.74, 6) is -0.641. The third kappa shape index (κ3) is 4.62. The minimum atomic E-state index is -3.51. The zero-order chi connectivity index (χ0) is 21.1. The molecular weight excluding hydrogens is 425 g/mol. The lowest BCUT2D eigenvalue weighted by molar-refractivity contribution is -0.131. The second kappa shape index (κ2) is 8.69. The van der Waals surface area contributed by atoms with E-state index in [0.29, 0.717) is 26.2 Å². The van der Waals surface area contributed by atoms with Gasteiger partial charge < -0.3 is 9.80 Å². The molecule has 9 heteroatoms. The fraction of sp³-hybridized carbons (Fsp3) is 0.333. The van der Waals surface area contributed by atoms with Crippen molar-refractivity contribution in [2.24, 2.45) is 0 Å². The van der Waals surface area contributed by atoms with Gasteiger partial charge >= 0.3 is 0 Å². The Kier molecular flexibility index (Phi) is 6.01. The van der Waals surface area contributed by atoms with E-state index in [-0.39, 0.29) is 29.4 Å². The van der Waals surface area contributed by atoms with Gasteiger partial charge in [0.25, 0.3) is 0 Å². The van der Waals surface area contributed by atoms with Crippen LogP contribution in [-0.2, 0) is 14.6 Å². The topological polar surface area (TPSA) is 70.6 Å². The van der Waals surface area contributed by atoms with Crippen molar-refractivity contribution in [2.75, 3.05) is 36.8 Å². The zero-order valence-corrected chi connectivity index (χ0v) is 18.0. The number of benzene rings is 2. The Morgan fingerprint density at radius 3 is 2.43 bits per heavy atom. The molecule has 1 saturated heterocycles. The van der Waals surface area contributed by atoms with E-state index in [0.717, 1.165) is 27.5 Å². The first-order chi connectivity index (χ1) is 14.4. The Morgan fingerprint density at radius 2 is 1.73 bits per heavy atom. The van der Waals surface area contributed by atoms with E-state index in [2.05, 4.69) is 16.0 Å².